The molecule has 6 nitrogen and oxygen atoms in total. The van der Waals surface area contributed by atoms with Gasteiger partial charge >= 0.3 is 12.0 Å². The molecule has 0 aromatic carbocycles. The minimum Gasteiger partial charge on any atom is -0.479 e. The fourth-order valence-electron chi connectivity index (χ4n) is 1.94. The predicted octanol–water partition coefficient (Wildman–Crippen LogP) is 1.90. The van der Waals surface area contributed by atoms with Crippen LogP contribution in [0, 0.1) is 0 Å². The molecule has 3 N–H and O–H groups in total. The molecular weight excluding hydrogens is 290 g/mol. The molecule has 118 valence electrons. The number of hydrogen-bond donors (Lipinski definition) is 3. The lowest BCUT2D eigenvalue weighted by molar-refractivity contribution is -0.139. The Balaban J connectivity index is 2.33. The molecule has 0 spiro atoms. The topological polar surface area (TPSA) is 81.7 Å². The minimum absolute atomic E-state index is 0.449. The van der Waals surface area contributed by atoms with E-state index in [0.29, 0.717) is 11.4 Å². The molecule has 1 unspecified atom stereocenters. The number of urea groups is 1. The van der Waals surface area contributed by atoms with Crippen molar-refractivity contribution in [3.63, 3.8) is 0 Å². The number of rotatable bonds is 9. The van der Waals surface area contributed by atoms with Crippen molar-refractivity contribution in [2.75, 3.05) is 26.2 Å². The lowest BCUT2D eigenvalue weighted by atomic mass is 10.2. The highest BCUT2D eigenvalue weighted by molar-refractivity contribution is 7.10. The van der Waals surface area contributed by atoms with Crippen LogP contribution in [-0.4, -0.2) is 48.2 Å². The van der Waals surface area contributed by atoms with Gasteiger partial charge in [0, 0.05) is 11.4 Å². The van der Waals surface area contributed by atoms with Gasteiger partial charge in [0.1, 0.15) is 0 Å². The molecule has 1 aromatic heterocycles. The number of nitrogens with one attached hydrogen (secondary N) is 2. The zero-order valence-corrected chi connectivity index (χ0v) is 13.3. The second-order valence-electron chi connectivity index (χ2n) is 4.57. The van der Waals surface area contributed by atoms with Crippen molar-refractivity contribution in [3.8, 4) is 0 Å². The maximum Gasteiger partial charge on any atom is 0.331 e. The van der Waals surface area contributed by atoms with Gasteiger partial charge in [-0.1, -0.05) is 19.9 Å². The smallest absolute Gasteiger partial charge is 0.331 e. The molecule has 0 fully saturated rings. The van der Waals surface area contributed by atoms with Crippen molar-refractivity contribution in [3.05, 3.63) is 22.4 Å². The Morgan fingerprint density at radius 1 is 1.38 bits per heavy atom. The summed E-state index contributed by atoms with van der Waals surface area (Å²) in [7, 11) is 0. The average molecular weight is 313 g/mol. The third kappa shape index (κ3) is 6.14. The molecule has 1 heterocycles. The molecule has 0 saturated heterocycles. The van der Waals surface area contributed by atoms with Crippen molar-refractivity contribution in [2.45, 2.75) is 26.3 Å². The summed E-state index contributed by atoms with van der Waals surface area (Å²) >= 11 is 1.31. The molecule has 0 bridgehead atoms. The highest BCUT2D eigenvalue weighted by Crippen LogP contribution is 2.18. The predicted molar refractivity (Wildman–Crippen MR) is 83.6 cm³/mol. The number of carbonyl (C=O) groups is 2. The van der Waals surface area contributed by atoms with Crippen molar-refractivity contribution in [1.29, 1.82) is 0 Å². The number of carbonyl (C=O) groups excluding carboxylic acids is 1. The summed E-state index contributed by atoms with van der Waals surface area (Å²) in [4.78, 5) is 25.8. The van der Waals surface area contributed by atoms with E-state index in [1.807, 2.05) is 0 Å². The number of carboxylic acid groups (broad SMARTS) is 1. The zero-order chi connectivity index (χ0) is 15.7. The van der Waals surface area contributed by atoms with Crippen LogP contribution < -0.4 is 10.6 Å². The van der Waals surface area contributed by atoms with Gasteiger partial charge in [-0.3, -0.25) is 0 Å². The van der Waals surface area contributed by atoms with Gasteiger partial charge in [0.05, 0.1) is 0 Å². The summed E-state index contributed by atoms with van der Waals surface area (Å²) in [5.41, 5.74) is 0. The minimum atomic E-state index is -1.06. The van der Waals surface area contributed by atoms with Crippen LogP contribution >= 0.6 is 11.3 Å². The Bertz CT molecular complexity index is 433. The third-order valence-corrected chi connectivity index (χ3v) is 4.12. The van der Waals surface area contributed by atoms with Gasteiger partial charge in [-0.2, -0.15) is 0 Å². The number of thiophene rings is 1. The number of amides is 2. The number of carboxylic acids is 1. The van der Waals surface area contributed by atoms with Crippen LogP contribution in [-0.2, 0) is 4.79 Å². The number of nitrogens with zero attached hydrogens (tertiary/aromatic N) is 1. The molecule has 21 heavy (non-hydrogen) atoms. The summed E-state index contributed by atoms with van der Waals surface area (Å²) in [6.45, 7) is 7.62. The molecule has 1 aromatic rings. The lowest BCUT2D eigenvalue weighted by Gasteiger charge is -2.18. The first-order valence-corrected chi connectivity index (χ1v) is 7.99. The second-order valence-corrected chi connectivity index (χ2v) is 5.55. The SMILES string of the molecule is CCN(CC)CCCNC(=O)NC(C(=O)O)c1cccs1. The summed E-state index contributed by atoms with van der Waals surface area (Å²) in [5.74, 6) is -1.06. The van der Waals surface area contributed by atoms with Crippen LogP contribution in [0.2, 0.25) is 0 Å². The maximum absolute atomic E-state index is 11.7. The third-order valence-electron chi connectivity index (χ3n) is 3.18. The van der Waals surface area contributed by atoms with Crippen molar-refractivity contribution in [1.82, 2.24) is 15.5 Å². The first-order valence-electron chi connectivity index (χ1n) is 7.11. The number of hydrogen-bond acceptors (Lipinski definition) is 4. The molecule has 7 heteroatoms. The molecular formula is C14H23N3O3S. The van der Waals surface area contributed by atoms with E-state index in [2.05, 4.69) is 29.4 Å². The molecule has 1 atom stereocenters. The molecule has 0 aliphatic carbocycles. The van der Waals surface area contributed by atoms with E-state index in [1.165, 1.54) is 11.3 Å². The van der Waals surface area contributed by atoms with Gasteiger partial charge < -0.3 is 20.6 Å². The standard InChI is InChI=1S/C14H23N3O3S/c1-3-17(4-2)9-6-8-15-14(20)16-12(13(18)19)11-7-5-10-21-11/h5,7,10,12H,3-4,6,8-9H2,1-2H3,(H,18,19)(H2,15,16,20). The molecule has 0 aliphatic rings. The fraction of sp³-hybridized carbons (Fsp3) is 0.571. The monoisotopic (exact) mass is 313 g/mol. The van der Waals surface area contributed by atoms with Gasteiger partial charge in [-0.15, -0.1) is 11.3 Å². The summed E-state index contributed by atoms with van der Waals surface area (Å²) in [6, 6.07) is 2.02. The van der Waals surface area contributed by atoms with Crippen LogP contribution in [0.5, 0.6) is 0 Å². The van der Waals surface area contributed by atoms with Gasteiger partial charge in [-0.25, -0.2) is 9.59 Å². The average Bonchev–Trinajstić information content (AvgIpc) is 2.98. The highest BCUT2D eigenvalue weighted by atomic mass is 32.1. The van der Waals surface area contributed by atoms with Crippen LogP contribution in [0.15, 0.2) is 17.5 Å². The Morgan fingerprint density at radius 2 is 2.10 bits per heavy atom. The van der Waals surface area contributed by atoms with Crippen LogP contribution in [0.4, 0.5) is 4.79 Å². The second kappa shape index (κ2) is 9.36. The summed E-state index contributed by atoms with van der Waals surface area (Å²) in [5, 5.41) is 16.1. The van der Waals surface area contributed by atoms with Gasteiger partial charge in [-0.05, 0) is 37.5 Å². The first-order chi connectivity index (χ1) is 10.1. The fourth-order valence-corrected chi connectivity index (χ4v) is 2.70. The van der Waals surface area contributed by atoms with Crippen molar-refractivity contribution < 1.29 is 14.7 Å². The summed E-state index contributed by atoms with van der Waals surface area (Å²) < 4.78 is 0. The Kier molecular flexibility index (Phi) is 7.78. The Morgan fingerprint density at radius 3 is 2.62 bits per heavy atom. The molecule has 0 aliphatic heterocycles. The van der Waals surface area contributed by atoms with Crippen LogP contribution in [0.1, 0.15) is 31.2 Å². The zero-order valence-electron chi connectivity index (χ0n) is 12.5. The van der Waals surface area contributed by atoms with E-state index in [9.17, 15) is 9.59 Å². The largest absolute Gasteiger partial charge is 0.479 e. The van der Waals surface area contributed by atoms with E-state index in [4.69, 9.17) is 5.11 Å². The molecule has 2 amide bonds. The van der Waals surface area contributed by atoms with Gasteiger partial charge in [0.2, 0.25) is 0 Å². The van der Waals surface area contributed by atoms with Gasteiger partial charge in [0.15, 0.2) is 6.04 Å². The van der Waals surface area contributed by atoms with E-state index in [0.717, 1.165) is 26.1 Å². The molecule has 1 rings (SSSR count). The first kappa shape index (κ1) is 17.5. The van der Waals surface area contributed by atoms with Gasteiger partial charge in [0.25, 0.3) is 0 Å². The van der Waals surface area contributed by atoms with Crippen LogP contribution in [0.25, 0.3) is 0 Å². The number of aliphatic carboxylic acids is 1. The van der Waals surface area contributed by atoms with Crippen molar-refractivity contribution >= 4 is 23.3 Å². The van der Waals surface area contributed by atoms with Crippen molar-refractivity contribution in [2.24, 2.45) is 0 Å². The van der Waals surface area contributed by atoms with E-state index < -0.39 is 18.0 Å². The van der Waals surface area contributed by atoms with E-state index in [1.54, 1.807) is 17.5 Å². The normalized spacial score (nSPS) is 12.1. The lowest BCUT2D eigenvalue weighted by Crippen LogP contribution is -2.41. The molecule has 0 saturated carbocycles. The molecule has 0 radical (unpaired) electrons. The maximum atomic E-state index is 11.7. The summed E-state index contributed by atoms with van der Waals surface area (Å²) in [6.07, 6.45) is 0.839. The van der Waals surface area contributed by atoms with Crippen LogP contribution in [0.3, 0.4) is 0 Å². The highest BCUT2D eigenvalue weighted by Gasteiger charge is 2.22. The quantitative estimate of drug-likeness (QED) is 0.608. The Hall–Kier alpha value is -1.60. The van der Waals surface area contributed by atoms with E-state index in [-0.39, 0.29) is 0 Å². The van der Waals surface area contributed by atoms with E-state index >= 15 is 0 Å². The Labute approximate surface area is 129 Å².